The van der Waals surface area contributed by atoms with Crippen LogP contribution in [0.2, 0.25) is 0 Å². The Kier molecular flexibility index (Phi) is 4.95. The normalized spacial score (nSPS) is 14.6. The smallest absolute Gasteiger partial charge is 0.287 e. The molecule has 2 aromatic carbocycles. The van der Waals surface area contributed by atoms with Gasteiger partial charge in [-0.2, -0.15) is 0 Å². The third kappa shape index (κ3) is 3.76. The summed E-state index contributed by atoms with van der Waals surface area (Å²) in [5.41, 5.74) is 2.94. The number of nitrogens with zero attached hydrogens (tertiary/aromatic N) is 1. The number of carbonyl (C=O) groups excluding carboxylic acids is 1. The number of hydrogen-bond donors (Lipinski definition) is 1. The molecule has 0 radical (unpaired) electrons. The van der Waals surface area contributed by atoms with E-state index in [0.717, 1.165) is 41.7 Å². The Labute approximate surface area is 160 Å². The van der Waals surface area contributed by atoms with Crippen molar-refractivity contribution in [3.8, 4) is 0 Å². The van der Waals surface area contributed by atoms with E-state index in [2.05, 4.69) is 38.3 Å². The summed E-state index contributed by atoms with van der Waals surface area (Å²) < 4.78 is 12.0. The lowest BCUT2D eigenvalue weighted by atomic mass is 10.2. The van der Waals surface area contributed by atoms with Gasteiger partial charge in [0, 0.05) is 35.2 Å². The molecule has 26 heavy (non-hydrogen) atoms. The molecule has 1 aliphatic heterocycles. The zero-order valence-electron chi connectivity index (χ0n) is 14.2. The van der Waals surface area contributed by atoms with Gasteiger partial charge in [0.1, 0.15) is 5.58 Å². The third-order valence-corrected chi connectivity index (χ3v) is 4.96. The van der Waals surface area contributed by atoms with Crippen molar-refractivity contribution in [1.82, 2.24) is 5.32 Å². The van der Waals surface area contributed by atoms with Crippen molar-refractivity contribution in [2.75, 3.05) is 31.2 Å². The van der Waals surface area contributed by atoms with Gasteiger partial charge in [-0.05, 0) is 42.0 Å². The second kappa shape index (κ2) is 7.51. The molecule has 0 bridgehead atoms. The summed E-state index contributed by atoms with van der Waals surface area (Å²) >= 11 is 3.42. The molecular weight excluding hydrogens is 396 g/mol. The van der Waals surface area contributed by atoms with Crippen LogP contribution in [0.25, 0.3) is 11.0 Å². The minimum absolute atomic E-state index is 0.213. The van der Waals surface area contributed by atoms with Crippen molar-refractivity contribution in [2.24, 2.45) is 0 Å². The quantitative estimate of drug-likeness (QED) is 0.701. The molecule has 1 saturated heterocycles. The number of ether oxygens (including phenoxy) is 1. The lowest BCUT2D eigenvalue weighted by Gasteiger charge is -2.28. The summed E-state index contributed by atoms with van der Waals surface area (Å²) in [5, 5.41) is 3.81. The van der Waals surface area contributed by atoms with Gasteiger partial charge in [-0.25, -0.2) is 0 Å². The van der Waals surface area contributed by atoms with E-state index in [0.29, 0.717) is 17.9 Å². The Hall–Kier alpha value is -2.31. The molecule has 1 N–H and O–H groups in total. The highest BCUT2D eigenvalue weighted by Crippen LogP contribution is 2.23. The number of carbonyl (C=O) groups is 1. The summed E-state index contributed by atoms with van der Waals surface area (Å²) in [5.74, 6) is 0.109. The van der Waals surface area contributed by atoms with E-state index in [1.807, 2.05) is 30.3 Å². The van der Waals surface area contributed by atoms with Gasteiger partial charge in [0.25, 0.3) is 5.91 Å². The molecule has 0 aliphatic carbocycles. The molecule has 0 atom stereocenters. The summed E-state index contributed by atoms with van der Waals surface area (Å²) in [7, 11) is 0. The number of halogens is 1. The Morgan fingerprint density at radius 1 is 1.08 bits per heavy atom. The zero-order chi connectivity index (χ0) is 17.9. The van der Waals surface area contributed by atoms with Crippen molar-refractivity contribution in [3.63, 3.8) is 0 Å². The van der Waals surface area contributed by atoms with Gasteiger partial charge in [-0.3, -0.25) is 4.79 Å². The third-order valence-electron chi connectivity index (χ3n) is 4.47. The molecule has 1 aromatic heterocycles. The maximum atomic E-state index is 12.3. The fourth-order valence-electron chi connectivity index (χ4n) is 3.04. The van der Waals surface area contributed by atoms with Crippen LogP contribution in [0, 0.1) is 0 Å². The van der Waals surface area contributed by atoms with Gasteiger partial charge in [0.2, 0.25) is 0 Å². The van der Waals surface area contributed by atoms with Crippen LogP contribution in [0.5, 0.6) is 0 Å². The SMILES string of the molecule is O=C(NCc1ccc(N2CCOCC2)cc1)c1cc2cc(Br)ccc2o1. The first-order valence-corrected chi connectivity index (χ1v) is 9.37. The number of nitrogens with one attached hydrogen (secondary N) is 1. The number of morpholine rings is 1. The topological polar surface area (TPSA) is 54.7 Å². The minimum atomic E-state index is -0.213. The molecular formula is C20H19BrN2O3. The predicted molar refractivity (Wildman–Crippen MR) is 105 cm³/mol. The standard InChI is InChI=1S/C20H19BrN2O3/c21-16-3-6-18-15(11-16)12-19(26-18)20(24)22-13-14-1-4-17(5-2-14)23-7-9-25-10-8-23/h1-6,11-12H,7-10,13H2,(H,22,24). The highest BCUT2D eigenvalue weighted by molar-refractivity contribution is 9.10. The Morgan fingerprint density at radius 2 is 1.85 bits per heavy atom. The van der Waals surface area contributed by atoms with Gasteiger partial charge >= 0.3 is 0 Å². The van der Waals surface area contributed by atoms with Gasteiger partial charge in [-0.15, -0.1) is 0 Å². The van der Waals surface area contributed by atoms with Crippen LogP contribution in [0.3, 0.4) is 0 Å². The van der Waals surface area contributed by atoms with E-state index >= 15 is 0 Å². The van der Waals surface area contributed by atoms with Crippen molar-refractivity contribution in [3.05, 3.63) is 64.3 Å². The molecule has 6 heteroatoms. The lowest BCUT2D eigenvalue weighted by molar-refractivity contribution is 0.0925. The second-order valence-corrected chi connectivity index (χ2v) is 7.16. The first-order chi connectivity index (χ1) is 12.7. The predicted octanol–water partition coefficient (Wildman–Crippen LogP) is 3.96. The molecule has 3 aromatic rings. The number of anilines is 1. The molecule has 134 valence electrons. The van der Waals surface area contributed by atoms with E-state index in [1.165, 1.54) is 5.69 Å². The van der Waals surface area contributed by atoms with Crippen molar-refractivity contribution < 1.29 is 13.9 Å². The van der Waals surface area contributed by atoms with Crippen molar-refractivity contribution >= 4 is 38.5 Å². The monoisotopic (exact) mass is 414 g/mol. The van der Waals surface area contributed by atoms with Crippen LogP contribution in [-0.4, -0.2) is 32.2 Å². The minimum Gasteiger partial charge on any atom is -0.451 e. The van der Waals surface area contributed by atoms with E-state index in [4.69, 9.17) is 9.15 Å². The van der Waals surface area contributed by atoms with Crippen LogP contribution in [0.4, 0.5) is 5.69 Å². The van der Waals surface area contributed by atoms with Crippen LogP contribution in [0.1, 0.15) is 16.1 Å². The van der Waals surface area contributed by atoms with Gasteiger partial charge in [0.15, 0.2) is 5.76 Å². The fourth-order valence-corrected chi connectivity index (χ4v) is 3.42. The largest absolute Gasteiger partial charge is 0.451 e. The van der Waals surface area contributed by atoms with Gasteiger partial charge in [0.05, 0.1) is 13.2 Å². The first-order valence-electron chi connectivity index (χ1n) is 8.58. The molecule has 0 unspecified atom stereocenters. The second-order valence-electron chi connectivity index (χ2n) is 6.24. The highest BCUT2D eigenvalue weighted by atomic mass is 79.9. The Balaban J connectivity index is 1.38. The maximum absolute atomic E-state index is 12.3. The van der Waals surface area contributed by atoms with Gasteiger partial charge in [-0.1, -0.05) is 28.1 Å². The average Bonchev–Trinajstić information content (AvgIpc) is 3.10. The fraction of sp³-hybridized carbons (Fsp3) is 0.250. The Morgan fingerprint density at radius 3 is 2.62 bits per heavy atom. The van der Waals surface area contributed by atoms with Crippen LogP contribution in [0.15, 0.2) is 57.4 Å². The van der Waals surface area contributed by atoms with E-state index < -0.39 is 0 Å². The van der Waals surface area contributed by atoms with Crippen molar-refractivity contribution in [1.29, 1.82) is 0 Å². The molecule has 1 amide bonds. The number of benzene rings is 2. The molecule has 5 nitrogen and oxygen atoms in total. The van der Waals surface area contributed by atoms with E-state index in [9.17, 15) is 4.79 Å². The summed E-state index contributed by atoms with van der Waals surface area (Å²) in [6, 6.07) is 15.7. The average molecular weight is 415 g/mol. The summed E-state index contributed by atoms with van der Waals surface area (Å²) in [4.78, 5) is 14.7. The summed E-state index contributed by atoms with van der Waals surface area (Å²) in [6.07, 6.45) is 0. The number of furan rings is 1. The van der Waals surface area contributed by atoms with Crippen LogP contribution in [-0.2, 0) is 11.3 Å². The molecule has 1 fully saturated rings. The highest BCUT2D eigenvalue weighted by Gasteiger charge is 2.13. The molecule has 0 spiro atoms. The van der Waals surface area contributed by atoms with E-state index in [1.54, 1.807) is 6.07 Å². The number of hydrogen-bond acceptors (Lipinski definition) is 4. The number of rotatable bonds is 4. The first kappa shape index (κ1) is 17.1. The number of amides is 1. The van der Waals surface area contributed by atoms with Gasteiger partial charge < -0.3 is 19.4 Å². The Bertz CT molecular complexity index is 914. The molecule has 4 rings (SSSR count). The molecule has 2 heterocycles. The zero-order valence-corrected chi connectivity index (χ0v) is 15.8. The van der Waals surface area contributed by atoms with Crippen LogP contribution < -0.4 is 10.2 Å². The summed E-state index contributed by atoms with van der Waals surface area (Å²) in [6.45, 7) is 3.83. The van der Waals surface area contributed by atoms with Crippen LogP contribution >= 0.6 is 15.9 Å². The van der Waals surface area contributed by atoms with Crippen molar-refractivity contribution in [2.45, 2.75) is 6.54 Å². The maximum Gasteiger partial charge on any atom is 0.287 e. The molecule has 0 saturated carbocycles. The lowest BCUT2D eigenvalue weighted by Crippen LogP contribution is -2.36. The van der Waals surface area contributed by atoms with E-state index in [-0.39, 0.29) is 5.91 Å². The molecule has 1 aliphatic rings. The number of fused-ring (bicyclic) bond motifs is 1.